The number of carbonyl (C=O) groups excluding carboxylic acids is 2. The van der Waals surface area contributed by atoms with Gasteiger partial charge in [-0.2, -0.15) is 52.7 Å². The summed E-state index contributed by atoms with van der Waals surface area (Å²) in [6.07, 6.45) is -17.8. The molecule has 0 aliphatic heterocycles. The number of ether oxygens (including phenoxy) is 1. The standard InChI is InChI=1S/C22H22F6N2O4S.C20H19F6N3O3S/c1-34-17-10-15(20(32,21(23,24)25)22(26,27)28)6-7-16(17)30-18(31)9-14-5-8-19(29-11-14)35(2,33)12-13-3-4-13;1-33(32,11-12-2-3-12)17-7-4-13(9-28-17)8-16(30)29-15-6-5-14(10-27-15)18(31,19(21,22)23)20(24,25)26/h5-8,10-11,13,32H,2-4,9,12H2,1H3,(H,30,31);4-7,9-10,12,31H,1-3,8,11H2,(H,27,29,30). The van der Waals surface area contributed by atoms with Crippen LogP contribution in [0.15, 0.2) is 83.2 Å². The molecule has 1 aromatic carbocycles. The number of alkyl halides is 12. The average molecular weight is 1020 g/mol. The summed E-state index contributed by atoms with van der Waals surface area (Å²) in [5.41, 5.74) is -12.6. The zero-order valence-electron chi connectivity index (χ0n) is 35.3. The van der Waals surface area contributed by atoms with Crippen molar-refractivity contribution in [2.24, 2.45) is 11.8 Å². The number of methoxy groups -OCH3 is 1. The predicted octanol–water partition coefficient (Wildman–Crippen LogP) is 7.52. The molecule has 0 saturated heterocycles. The number of benzene rings is 1. The fourth-order valence-electron chi connectivity index (χ4n) is 6.40. The second-order valence-electron chi connectivity index (χ2n) is 16.1. The first-order valence-corrected chi connectivity index (χ1v) is 23.6. The number of pyridine rings is 3. The number of nitrogens with zero attached hydrogens (tertiary/aromatic N) is 3. The SMILES string of the molecule is C=S(=O)(CC1CC1)c1ccc(CC(=O)Nc2ccc(C(O)(C(F)(F)F)C(F)(F)F)cc2OC)cn1.C=S(=O)(CC1CC1)c1ccc(CC(=O)Nc2ccc(C(O)(C(F)(F)F)C(F)(F)F)cn2)cn1. The molecule has 0 spiro atoms. The van der Waals surface area contributed by atoms with Crippen LogP contribution in [0.5, 0.6) is 5.75 Å². The van der Waals surface area contributed by atoms with Crippen molar-refractivity contribution in [3.63, 3.8) is 0 Å². The number of halogens is 12. The van der Waals surface area contributed by atoms with Gasteiger partial charge in [0.05, 0.1) is 25.6 Å². The van der Waals surface area contributed by atoms with Crippen LogP contribution in [0.25, 0.3) is 0 Å². The van der Waals surface area contributed by atoms with Gasteiger partial charge in [0.2, 0.25) is 11.8 Å². The second-order valence-corrected chi connectivity index (χ2v) is 20.8. The van der Waals surface area contributed by atoms with Crippen LogP contribution in [0.4, 0.5) is 64.2 Å². The molecule has 2 aliphatic carbocycles. The molecule has 2 amide bonds. The Hall–Kier alpha value is -5.47. The van der Waals surface area contributed by atoms with E-state index in [2.05, 4.69) is 37.3 Å². The Balaban J connectivity index is 0.000000255. The maximum absolute atomic E-state index is 13.1. The van der Waals surface area contributed by atoms with Gasteiger partial charge in [0.25, 0.3) is 11.2 Å². The van der Waals surface area contributed by atoms with Crippen LogP contribution in [-0.2, 0) is 52.7 Å². The van der Waals surface area contributed by atoms with Gasteiger partial charge in [-0.25, -0.2) is 15.0 Å². The first kappa shape index (κ1) is 53.5. The molecular formula is C42H41F12N5O7S2. The lowest BCUT2D eigenvalue weighted by Crippen LogP contribution is -2.54. The molecule has 6 rings (SSSR count). The van der Waals surface area contributed by atoms with Crippen LogP contribution in [0.3, 0.4) is 0 Å². The number of carbonyl (C=O) groups is 2. The molecule has 26 heteroatoms. The van der Waals surface area contributed by atoms with E-state index in [9.17, 15) is 80.9 Å². The minimum absolute atomic E-state index is 0.192. The summed E-state index contributed by atoms with van der Waals surface area (Å²) in [5, 5.41) is 24.1. The second kappa shape index (κ2) is 19.5. The van der Waals surface area contributed by atoms with Crippen molar-refractivity contribution in [3.8, 4) is 5.75 Å². The van der Waals surface area contributed by atoms with Gasteiger partial charge in [0.1, 0.15) is 21.6 Å². The van der Waals surface area contributed by atoms with Crippen LogP contribution in [0.2, 0.25) is 0 Å². The fourth-order valence-corrected chi connectivity index (χ4v) is 10.1. The number of aliphatic hydroxyl groups is 2. The third-order valence-corrected chi connectivity index (χ3v) is 14.5. The lowest BCUT2D eigenvalue weighted by Gasteiger charge is -2.33. The van der Waals surface area contributed by atoms with Crippen molar-refractivity contribution >= 4 is 54.1 Å². The number of hydrogen-bond acceptors (Lipinski definition) is 10. The Labute approximate surface area is 380 Å². The van der Waals surface area contributed by atoms with Gasteiger partial charge in [0, 0.05) is 60.3 Å². The molecule has 2 atom stereocenters. The van der Waals surface area contributed by atoms with E-state index in [1.807, 2.05) is 0 Å². The largest absolute Gasteiger partial charge is 0.495 e. The first-order valence-electron chi connectivity index (χ1n) is 19.8. The number of amides is 2. The number of hydrogen-bond donors (Lipinski definition) is 4. The average Bonchev–Trinajstić information content (AvgIpc) is 4.18. The number of nitrogens with one attached hydrogen (secondary N) is 2. The van der Waals surface area contributed by atoms with Gasteiger partial charge < -0.3 is 25.6 Å². The predicted molar refractivity (Wildman–Crippen MR) is 225 cm³/mol. The monoisotopic (exact) mass is 1020 g/mol. The Morgan fingerprint density at radius 2 is 1.03 bits per heavy atom. The molecule has 2 fully saturated rings. The van der Waals surface area contributed by atoms with Crippen molar-refractivity contribution in [2.45, 2.75) is 84.5 Å². The van der Waals surface area contributed by atoms with E-state index in [4.69, 9.17) is 4.74 Å². The Morgan fingerprint density at radius 1 is 0.618 bits per heavy atom. The highest BCUT2D eigenvalue weighted by molar-refractivity contribution is 8.00. The first-order chi connectivity index (χ1) is 31.2. The topological polar surface area (TPSA) is 181 Å². The van der Waals surface area contributed by atoms with Crippen LogP contribution < -0.4 is 15.4 Å². The molecule has 2 unspecified atom stereocenters. The van der Waals surface area contributed by atoms with Crippen molar-refractivity contribution in [1.29, 1.82) is 0 Å². The number of aromatic nitrogens is 3. The van der Waals surface area contributed by atoms with E-state index in [0.29, 0.717) is 68.8 Å². The van der Waals surface area contributed by atoms with Crippen molar-refractivity contribution in [3.05, 3.63) is 95.4 Å². The van der Waals surface area contributed by atoms with Gasteiger partial charge in [0.15, 0.2) is 0 Å². The molecule has 0 bridgehead atoms. The molecule has 68 heavy (non-hydrogen) atoms. The molecule has 12 nitrogen and oxygen atoms in total. The van der Waals surface area contributed by atoms with Gasteiger partial charge in [-0.15, -0.1) is 0 Å². The highest BCUT2D eigenvalue weighted by Crippen LogP contribution is 2.52. The summed E-state index contributed by atoms with van der Waals surface area (Å²) < 4.78 is 186. The summed E-state index contributed by atoms with van der Waals surface area (Å²) in [7, 11) is -4.09. The summed E-state index contributed by atoms with van der Waals surface area (Å²) in [6, 6.07) is 8.70. The highest BCUT2D eigenvalue weighted by atomic mass is 32.2. The Morgan fingerprint density at radius 3 is 1.38 bits per heavy atom. The maximum atomic E-state index is 13.1. The molecule has 3 heterocycles. The summed E-state index contributed by atoms with van der Waals surface area (Å²) in [6.45, 7) is 0. The third-order valence-electron chi connectivity index (χ3n) is 10.5. The summed E-state index contributed by atoms with van der Waals surface area (Å²) in [4.78, 5) is 36.2. The molecule has 0 radical (unpaired) electrons. The van der Waals surface area contributed by atoms with E-state index in [0.717, 1.165) is 38.9 Å². The molecule has 2 aliphatic rings. The fraction of sp³-hybridized carbons (Fsp3) is 0.405. The molecule has 4 aromatic rings. The van der Waals surface area contributed by atoms with Crippen molar-refractivity contribution in [1.82, 2.24) is 15.0 Å². The molecule has 372 valence electrons. The third kappa shape index (κ3) is 12.4. The Bertz CT molecular complexity index is 2640. The minimum Gasteiger partial charge on any atom is -0.495 e. The van der Waals surface area contributed by atoms with Crippen LogP contribution in [0, 0.1) is 11.8 Å². The Kier molecular flexibility index (Phi) is 15.3. The van der Waals surface area contributed by atoms with Gasteiger partial charge in [-0.1, -0.05) is 24.3 Å². The zero-order valence-corrected chi connectivity index (χ0v) is 36.9. The van der Waals surface area contributed by atoms with Crippen LogP contribution in [-0.4, -0.2) is 100 Å². The normalized spacial score (nSPS) is 16.6. The lowest BCUT2D eigenvalue weighted by molar-refractivity contribution is -0.376. The quantitative estimate of drug-likeness (QED) is 0.0687. The number of anilines is 2. The molecule has 2 saturated carbocycles. The van der Waals surface area contributed by atoms with E-state index >= 15 is 0 Å². The van der Waals surface area contributed by atoms with Crippen LogP contribution in [0.1, 0.15) is 47.9 Å². The van der Waals surface area contributed by atoms with E-state index in [1.54, 1.807) is 0 Å². The summed E-state index contributed by atoms with van der Waals surface area (Å²) >= 11 is 0. The minimum atomic E-state index is -6.06. The smallest absolute Gasteiger partial charge is 0.430 e. The van der Waals surface area contributed by atoms with E-state index < -0.39 is 83.6 Å². The molecular weight excluding hydrogens is 979 g/mol. The van der Waals surface area contributed by atoms with Gasteiger partial charge in [-0.05, 0) is 90.7 Å². The van der Waals surface area contributed by atoms with Crippen molar-refractivity contribution in [2.75, 3.05) is 29.2 Å². The van der Waals surface area contributed by atoms with Crippen molar-refractivity contribution < 1.29 is 85.6 Å². The zero-order chi connectivity index (χ0) is 50.9. The highest BCUT2D eigenvalue weighted by Gasteiger charge is 2.72. The molecule has 4 N–H and O–H groups in total. The van der Waals surface area contributed by atoms with Crippen LogP contribution >= 0.6 is 0 Å². The maximum Gasteiger partial charge on any atom is 0.430 e. The van der Waals surface area contributed by atoms with Gasteiger partial charge >= 0.3 is 24.7 Å². The van der Waals surface area contributed by atoms with E-state index in [-0.39, 0.29) is 30.5 Å². The van der Waals surface area contributed by atoms with E-state index in [1.165, 1.54) is 36.7 Å². The number of rotatable bonds is 15. The molecule has 3 aromatic heterocycles. The van der Waals surface area contributed by atoms with Gasteiger partial charge in [-0.3, -0.25) is 18.0 Å². The summed E-state index contributed by atoms with van der Waals surface area (Å²) in [5.74, 6) is 6.96. The lowest BCUT2D eigenvalue weighted by atomic mass is 9.91.